The van der Waals surface area contributed by atoms with Crippen LogP contribution < -0.4 is 16.8 Å². The predicted molar refractivity (Wildman–Crippen MR) is 171 cm³/mol. The van der Waals surface area contributed by atoms with Crippen molar-refractivity contribution < 1.29 is 14.3 Å². The molecule has 0 aromatic carbocycles. The van der Waals surface area contributed by atoms with E-state index in [1.54, 1.807) is 5.57 Å². The lowest BCUT2D eigenvalue weighted by Crippen LogP contribution is -2.50. The molecular weight excluding hydrogens is 524 g/mol. The quantitative estimate of drug-likeness (QED) is 0.124. The second-order valence-corrected chi connectivity index (χ2v) is 14.6. The van der Waals surface area contributed by atoms with Gasteiger partial charge in [0.15, 0.2) is 0 Å². The zero-order chi connectivity index (χ0) is 30.2. The molecule has 5 N–H and O–H groups in total. The standard InChI is InChI=1S/C35H62N4O3/c1-26-11-14-30-29-13-12-27-25-28(15-17-35(27,3)31(29)16-18-34(26,30)2)42-33(41)10-6-9-32(40)39(24-8-20-37)23-5-4-21-38-22-7-19-36/h12,26,28-31,38H,4-11,13-25,36-37H2,1-3H3. The molecule has 7 nitrogen and oxygen atoms in total. The molecule has 0 heterocycles. The molecule has 3 saturated carbocycles. The molecule has 1 amide bonds. The Morgan fingerprint density at radius 3 is 2.48 bits per heavy atom. The van der Waals surface area contributed by atoms with E-state index in [4.69, 9.17) is 16.2 Å². The number of esters is 1. The highest BCUT2D eigenvalue weighted by atomic mass is 16.5. The van der Waals surface area contributed by atoms with Crippen LogP contribution in [0.25, 0.3) is 0 Å². The van der Waals surface area contributed by atoms with Gasteiger partial charge in [0, 0.05) is 32.4 Å². The van der Waals surface area contributed by atoms with Crippen LogP contribution in [0.2, 0.25) is 0 Å². The Labute approximate surface area is 256 Å². The summed E-state index contributed by atoms with van der Waals surface area (Å²) in [4.78, 5) is 27.7. The number of fused-ring (bicyclic) bond motifs is 5. The van der Waals surface area contributed by atoms with E-state index in [-0.39, 0.29) is 23.4 Å². The molecule has 42 heavy (non-hydrogen) atoms. The van der Waals surface area contributed by atoms with Gasteiger partial charge in [-0.15, -0.1) is 0 Å². The van der Waals surface area contributed by atoms with Gasteiger partial charge in [0.25, 0.3) is 0 Å². The lowest BCUT2D eigenvalue weighted by atomic mass is 9.47. The van der Waals surface area contributed by atoms with E-state index >= 15 is 0 Å². The minimum Gasteiger partial charge on any atom is -0.462 e. The third-order valence-electron chi connectivity index (χ3n) is 12.2. The molecule has 0 saturated heterocycles. The van der Waals surface area contributed by atoms with Crippen molar-refractivity contribution in [3.8, 4) is 0 Å². The summed E-state index contributed by atoms with van der Waals surface area (Å²) in [6.45, 7) is 12.2. The van der Waals surface area contributed by atoms with E-state index in [2.05, 4.69) is 32.2 Å². The Morgan fingerprint density at radius 1 is 0.929 bits per heavy atom. The van der Waals surface area contributed by atoms with Crippen molar-refractivity contribution in [2.45, 2.75) is 123 Å². The van der Waals surface area contributed by atoms with Crippen LogP contribution in [0.5, 0.6) is 0 Å². The largest absolute Gasteiger partial charge is 0.462 e. The first-order chi connectivity index (χ1) is 20.2. The van der Waals surface area contributed by atoms with Crippen molar-refractivity contribution >= 4 is 11.9 Å². The van der Waals surface area contributed by atoms with Crippen LogP contribution in [0.1, 0.15) is 117 Å². The number of nitrogens with one attached hydrogen (secondary N) is 1. The summed E-state index contributed by atoms with van der Waals surface area (Å²) >= 11 is 0. The first-order valence-electron chi connectivity index (χ1n) is 17.5. The minimum absolute atomic E-state index is 0.0102. The summed E-state index contributed by atoms with van der Waals surface area (Å²) in [5.41, 5.74) is 13.6. The van der Waals surface area contributed by atoms with Crippen LogP contribution in [0.15, 0.2) is 11.6 Å². The number of allylic oxidation sites excluding steroid dienone is 1. The molecule has 0 spiro atoms. The topological polar surface area (TPSA) is 111 Å². The van der Waals surface area contributed by atoms with Gasteiger partial charge in [-0.1, -0.05) is 32.4 Å². The van der Waals surface area contributed by atoms with E-state index in [0.29, 0.717) is 44.3 Å². The second-order valence-electron chi connectivity index (χ2n) is 14.6. The van der Waals surface area contributed by atoms with Gasteiger partial charge in [0.1, 0.15) is 6.10 Å². The molecule has 4 rings (SSSR count). The molecule has 0 bridgehead atoms. The molecule has 7 unspecified atom stereocenters. The number of hydrogen-bond donors (Lipinski definition) is 3. The average molecular weight is 587 g/mol. The number of ether oxygens (including phenoxy) is 1. The van der Waals surface area contributed by atoms with E-state index in [1.807, 2.05) is 4.90 Å². The monoisotopic (exact) mass is 586 g/mol. The van der Waals surface area contributed by atoms with Crippen molar-refractivity contribution in [2.75, 3.05) is 39.3 Å². The van der Waals surface area contributed by atoms with Crippen molar-refractivity contribution in [1.29, 1.82) is 0 Å². The highest BCUT2D eigenvalue weighted by Gasteiger charge is 2.57. The molecule has 4 aliphatic rings. The van der Waals surface area contributed by atoms with Crippen LogP contribution in [-0.2, 0) is 14.3 Å². The van der Waals surface area contributed by atoms with Crippen LogP contribution in [0.3, 0.4) is 0 Å². The fourth-order valence-corrected chi connectivity index (χ4v) is 9.33. The Morgan fingerprint density at radius 2 is 1.69 bits per heavy atom. The fourth-order valence-electron chi connectivity index (χ4n) is 9.33. The van der Waals surface area contributed by atoms with Gasteiger partial charge >= 0.3 is 5.97 Å². The summed E-state index contributed by atoms with van der Waals surface area (Å²) in [6, 6.07) is 0. The first kappa shape index (κ1) is 33.5. The molecule has 4 aliphatic carbocycles. The second kappa shape index (κ2) is 15.5. The van der Waals surface area contributed by atoms with E-state index < -0.39 is 0 Å². The minimum atomic E-state index is -0.142. The average Bonchev–Trinajstić information content (AvgIpc) is 3.28. The molecule has 0 aromatic rings. The lowest BCUT2D eigenvalue weighted by molar-refractivity contribution is -0.151. The summed E-state index contributed by atoms with van der Waals surface area (Å²) < 4.78 is 6.01. The number of unbranched alkanes of at least 4 members (excludes halogenated alkanes) is 1. The molecule has 7 atom stereocenters. The summed E-state index contributed by atoms with van der Waals surface area (Å²) in [5.74, 6) is 3.35. The fraction of sp³-hybridized carbons (Fsp3) is 0.886. The van der Waals surface area contributed by atoms with Crippen LogP contribution >= 0.6 is 0 Å². The number of hydrogen-bond acceptors (Lipinski definition) is 6. The van der Waals surface area contributed by atoms with E-state index in [0.717, 1.165) is 88.3 Å². The highest BCUT2D eigenvalue weighted by molar-refractivity contribution is 5.77. The Hall–Kier alpha value is -1.44. The molecule has 7 heteroatoms. The smallest absolute Gasteiger partial charge is 0.306 e. The maximum Gasteiger partial charge on any atom is 0.306 e. The summed E-state index contributed by atoms with van der Waals surface area (Å²) in [5, 5.41) is 3.39. The van der Waals surface area contributed by atoms with Crippen LogP contribution in [0, 0.1) is 34.5 Å². The molecule has 0 aromatic heterocycles. The highest BCUT2D eigenvalue weighted by Crippen LogP contribution is 2.66. The Bertz CT molecular complexity index is 924. The SMILES string of the molecule is CC1CCC2C3CC=C4CC(OC(=O)CCCC(=O)N(CCCN)CCCCNCCCN)CCC4(C)C3CCC12C. The summed E-state index contributed by atoms with van der Waals surface area (Å²) in [7, 11) is 0. The zero-order valence-corrected chi connectivity index (χ0v) is 27.1. The Balaban J connectivity index is 1.19. The van der Waals surface area contributed by atoms with Crippen molar-refractivity contribution in [2.24, 2.45) is 46.0 Å². The maximum atomic E-state index is 12.9. The van der Waals surface area contributed by atoms with Gasteiger partial charge in [-0.25, -0.2) is 0 Å². The van der Waals surface area contributed by atoms with E-state index in [1.165, 1.54) is 32.1 Å². The number of rotatable bonds is 16. The van der Waals surface area contributed by atoms with Gasteiger partial charge in [0.2, 0.25) is 5.91 Å². The summed E-state index contributed by atoms with van der Waals surface area (Å²) in [6.07, 6.45) is 17.4. The number of nitrogens with zero attached hydrogens (tertiary/aromatic N) is 1. The first-order valence-corrected chi connectivity index (χ1v) is 17.5. The molecular formula is C35H62N4O3. The number of carbonyl (C=O) groups is 2. The number of nitrogens with two attached hydrogens (primary N) is 2. The van der Waals surface area contributed by atoms with Gasteiger partial charge < -0.3 is 26.4 Å². The molecule has 0 radical (unpaired) electrons. The van der Waals surface area contributed by atoms with Crippen LogP contribution in [0.4, 0.5) is 0 Å². The van der Waals surface area contributed by atoms with Gasteiger partial charge in [-0.3, -0.25) is 9.59 Å². The van der Waals surface area contributed by atoms with Crippen molar-refractivity contribution in [1.82, 2.24) is 10.2 Å². The molecule has 3 fully saturated rings. The third-order valence-corrected chi connectivity index (χ3v) is 12.2. The van der Waals surface area contributed by atoms with Gasteiger partial charge in [-0.2, -0.15) is 0 Å². The predicted octanol–water partition coefficient (Wildman–Crippen LogP) is 5.56. The molecule has 240 valence electrons. The molecule has 0 aliphatic heterocycles. The van der Waals surface area contributed by atoms with Crippen LogP contribution in [-0.4, -0.2) is 62.1 Å². The van der Waals surface area contributed by atoms with Gasteiger partial charge in [-0.05, 0) is 138 Å². The maximum absolute atomic E-state index is 12.9. The third kappa shape index (κ3) is 7.79. The zero-order valence-electron chi connectivity index (χ0n) is 27.1. The normalized spacial score (nSPS) is 33.7. The number of amides is 1. The van der Waals surface area contributed by atoms with E-state index in [9.17, 15) is 9.59 Å². The lowest BCUT2D eigenvalue weighted by Gasteiger charge is -2.58. The Kier molecular flexibility index (Phi) is 12.4. The number of carbonyl (C=O) groups excluding carboxylic acids is 2. The van der Waals surface area contributed by atoms with Crippen molar-refractivity contribution in [3.05, 3.63) is 11.6 Å². The van der Waals surface area contributed by atoms with Gasteiger partial charge in [0.05, 0.1) is 0 Å². The van der Waals surface area contributed by atoms with Crippen molar-refractivity contribution in [3.63, 3.8) is 0 Å².